The molecule has 68 valence electrons. The van der Waals surface area contributed by atoms with Crippen LogP contribution in [-0.4, -0.2) is 12.8 Å². The van der Waals surface area contributed by atoms with Crippen LogP contribution in [0.2, 0.25) is 0 Å². The SMILES string of the molecule is CN=C1CCCc2cc(C)ccc21. The minimum absolute atomic E-state index is 1.15. The average molecular weight is 173 g/mol. The fourth-order valence-electron chi connectivity index (χ4n) is 2.02. The molecule has 0 fully saturated rings. The maximum atomic E-state index is 4.34. The van der Waals surface area contributed by atoms with E-state index in [0.717, 1.165) is 6.42 Å². The van der Waals surface area contributed by atoms with E-state index in [-0.39, 0.29) is 0 Å². The van der Waals surface area contributed by atoms with Crippen molar-refractivity contribution in [3.63, 3.8) is 0 Å². The van der Waals surface area contributed by atoms with Gasteiger partial charge in [-0.25, -0.2) is 0 Å². The lowest BCUT2D eigenvalue weighted by Crippen LogP contribution is -2.11. The van der Waals surface area contributed by atoms with Gasteiger partial charge in [-0.05, 0) is 37.3 Å². The van der Waals surface area contributed by atoms with Crippen LogP contribution in [-0.2, 0) is 6.42 Å². The topological polar surface area (TPSA) is 12.4 Å². The summed E-state index contributed by atoms with van der Waals surface area (Å²) in [6.07, 6.45) is 3.62. The number of nitrogens with zero attached hydrogens (tertiary/aromatic N) is 1. The second-order valence-electron chi connectivity index (χ2n) is 3.68. The Labute approximate surface area is 79.5 Å². The van der Waals surface area contributed by atoms with Gasteiger partial charge in [0.25, 0.3) is 0 Å². The molecule has 0 N–H and O–H groups in total. The van der Waals surface area contributed by atoms with Crippen molar-refractivity contribution in [3.05, 3.63) is 34.9 Å². The standard InChI is InChI=1S/C12H15N/c1-9-6-7-11-10(8-9)4-3-5-12(11)13-2/h6-8H,3-5H2,1-2H3. The lowest BCUT2D eigenvalue weighted by Gasteiger charge is -2.17. The molecule has 0 aliphatic heterocycles. The predicted octanol–water partition coefficient (Wildman–Crippen LogP) is 2.75. The normalized spacial score (nSPS) is 18.8. The van der Waals surface area contributed by atoms with Crippen molar-refractivity contribution in [2.24, 2.45) is 4.99 Å². The largest absolute Gasteiger partial charge is 0.292 e. The van der Waals surface area contributed by atoms with Crippen molar-refractivity contribution in [3.8, 4) is 0 Å². The highest BCUT2D eigenvalue weighted by Crippen LogP contribution is 2.22. The smallest absolute Gasteiger partial charge is 0.0420 e. The molecule has 1 aliphatic carbocycles. The number of fused-ring (bicyclic) bond motifs is 1. The molecule has 1 nitrogen and oxygen atoms in total. The molecule has 0 spiro atoms. The second kappa shape index (κ2) is 3.33. The van der Waals surface area contributed by atoms with E-state index in [0.29, 0.717) is 0 Å². The highest BCUT2D eigenvalue weighted by atomic mass is 14.7. The molecule has 13 heavy (non-hydrogen) atoms. The molecule has 2 rings (SSSR count). The lowest BCUT2D eigenvalue weighted by atomic mass is 9.89. The Hall–Kier alpha value is -1.11. The van der Waals surface area contributed by atoms with Gasteiger partial charge in [-0.3, -0.25) is 4.99 Å². The van der Waals surface area contributed by atoms with Crippen LogP contribution >= 0.6 is 0 Å². The third-order valence-electron chi connectivity index (χ3n) is 2.70. The molecule has 1 aromatic rings. The molecule has 0 aromatic heterocycles. The van der Waals surface area contributed by atoms with Gasteiger partial charge in [-0.2, -0.15) is 0 Å². The molecule has 1 aromatic carbocycles. The fraction of sp³-hybridized carbons (Fsp3) is 0.417. The molecular weight excluding hydrogens is 158 g/mol. The number of aliphatic imine (C=N–C) groups is 1. The predicted molar refractivity (Wildman–Crippen MR) is 56.6 cm³/mol. The van der Waals surface area contributed by atoms with Crippen molar-refractivity contribution >= 4 is 5.71 Å². The van der Waals surface area contributed by atoms with E-state index in [1.54, 1.807) is 0 Å². The van der Waals surface area contributed by atoms with Gasteiger partial charge in [-0.15, -0.1) is 0 Å². The van der Waals surface area contributed by atoms with Crippen molar-refractivity contribution in [2.75, 3.05) is 7.05 Å². The van der Waals surface area contributed by atoms with Crippen LogP contribution in [0.25, 0.3) is 0 Å². The van der Waals surface area contributed by atoms with E-state index in [2.05, 4.69) is 30.1 Å². The quantitative estimate of drug-likeness (QED) is 0.572. The number of rotatable bonds is 0. The van der Waals surface area contributed by atoms with Gasteiger partial charge >= 0.3 is 0 Å². The summed E-state index contributed by atoms with van der Waals surface area (Å²) in [6, 6.07) is 6.68. The van der Waals surface area contributed by atoms with E-state index in [4.69, 9.17) is 0 Å². The van der Waals surface area contributed by atoms with Gasteiger partial charge in [0, 0.05) is 12.8 Å². The monoisotopic (exact) mass is 173 g/mol. The first-order valence-corrected chi connectivity index (χ1v) is 4.87. The molecule has 0 atom stereocenters. The van der Waals surface area contributed by atoms with Gasteiger partial charge in [0.15, 0.2) is 0 Å². The van der Waals surface area contributed by atoms with Crippen molar-refractivity contribution in [2.45, 2.75) is 26.2 Å². The molecule has 0 amide bonds. The maximum absolute atomic E-state index is 4.34. The average Bonchev–Trinajstić information content (AvgIpc) is 2.16. The molecule has 0 saturated heterocycles. The Morgan fingerprint density at radius 3 is 2.85 bits per heavy atom. The summed E-state index contributed by atoms with van der Waals surface area (Å²) >= 11 is 0. The highest BCUT2D eigenvalue weighted by molar-refractivity contribution is 6.02. The number of hydrogen-bond donors (Lipinski definition) is 0. The molecule has 0 radical (unpaired) electrons. The zero-order valence-corrected chi connectivity index (χ0v) is 8.30. The van der Waals surface area contributed by atoms with E-state index < -0.39 is 0 Å². The first-order chi connectivity index (χ1) is 6.31. The van der Waals surface area contributed by atoms with Crippen LogP contribution < -0.4 is 0 Å². The minimum Gasteiger partial charge on any atom is -0.292 e. The van der Waals surface area contributed by atoms with E-state index in [9.17, 15) is 0 Å². The van der Waals surface area contributed by atoms with Crippen LogP contribution in [0, 0.1) is 6.92 Å². The minimum atomic E-state index is 1.15. The van der Waals surface area contributed by atoms with Crippen molar-refractivity contribution in [1.29, 1.82) is 0 Å². The Morgan fingerprint density at radius 2 is 2.08 bits per heavy atom. The van der Waals surface area contributed by atoms with Gasteiger partial charge in [-0.1, -0.05) is 23.8 Å². The third kappa shape index (κ3) is 1.51. The third-order valence-corrected chi connectivity index (χ3v) is 2.70. The van der Waals surface area contributed by atoms with E-state index >= 15 is 0 Å². The van der Waals surface area contributed by atoms with Crippen LogP contribution in [0.5, 0.6) is 0 Å². The summed E-state index contributed by atoms with van der Waals surface area (Å²) in [5, 5.41) is 0. The van der Waals surface area contributed by atoms with Crippen LogP contribution in [0.3, 0.4) is 0 Å². The Kier molecular flexibility index (Phi) is 2.17. The second-order valence-corrected chi connectivity index (χ2v) is 3.68. The van der Waals surface area contributed by atoms with Gasteiger partial charge in [0.1, 0.15) is 0 Å². The zero-order chi connectivity index (χ0) is 9.26. The molecule has 1 heteroatoms. The number of hydrogen-bond acceptors (Lipinski definition) is 1. The molecule has 0 heterocycles. The maximum Gasteiger partial charge on any atom is 0.0420 e. The molecule has 0 bridgehead atoms. The Morgan fingerprint density at radius 1 is 1.23 bits per heavy atom. The van der Waals surface area contributed by atoms with Crippen LogP contribution in [0.15, 0.2) is 23.2 Å². The summed E-state index contributed by atoms with van der Waals surface area (Å²) in [7, 11) is 1.89. The van der Waals surface area contributed by atoms with Crippen LogP contribution in [0.4, 0.5) is 0 Å². The van der Waals surface area contributed by atoms with Gasteiger partial charge in [0.2, 0.25) is 0 Å². The molecule has 1 aliphatic rings. The number of benzene rings is 1. The van der Waals surface area contributed by atoms with Gasteiger partial charge in [0.05, 0.1) is 0 Å². The molecular formula is C12H15N. The Bertz CT molecular complexity index is 350. The van der Waals surface area contributed by atoms with Crippen molar-refractivity contribution in [1.82, 2.24) is 0 Å². The van der Waals surface area contributed by atoms with Crippen LogP contribution in [0.1, 0.15) is 29.5 Å². The van der Waals surface area contributed by atoms with Gasteiger partial charge < -0.3 is 0 Å². The summed E-state index contributed by atoms with van der Waals surface area (Å²) < 4.78 is 0. The fourth-order valence-corrected chi connectivity index (χ4v) is 2.02. The highest BCUT2D eigenvalue weighted by Gasteiger charge is 2.13. The summed E-state index contributed by atoms with van der Waals surface area (Å²) in [5.41, 5.74) is 5.49. The molecule has 0 saturated carbocycles. The number of aryl methyl sites for hydroxylation is 2. The summed E-state index contributed by atoms with van der Waals surface area (Å²) in [6.45, 7) is 2.15. The molecule has 0 unspecified atom stereocenters. The van der Waals surface area contributed by atoms with Crippen molar-refractivity contribution < 1.29 is 0 Å². The first kappa shape index (κ1) is 8.49. The van der Waals surface area contributed by atoms with E-state index in [1.165, 1.54) is 35.2 Å². The first-order valence-electron chi connectivity index (χ1n) is 4.87. The summed E-state index contributed by atoms with van der Waals surface area (Å²) in [4.78, 5) is 4.34. The summed E-state index contributed by atoms with van der Waals surface area (Å²) in [5.74, 6) is 0. The van der Waals surface area contributed by atoms with E-state index in [1.807, 2.05) is 7.05 Å². The Balaban J connectivity index is 2.52. The zero-order valence-electron chi connectivity index (χ0n) is 8.30. The lowest BCUT2D eigenvalue weighted by molar-refractivity contribution is 0.836.